The molecule has 0 unspecified atom stereocenters. The fourth-order valence-corrected chi connectivity index (χ4v) is 0.723. The zero-order chi connectivity index (χ0) is 8.27. The molecule has 4 heteroatoms. The summed E-state index contributed by atoms with van der Waals surface area (Å²) in [5.74, 6) is 0.231. The van der Waals surface area contributed by atoms with Crippen LogP contribution < -0.4 is 4.74 Å². The number of methoxy groups -OCH3 is 1. The van der Waals surface area contributed by atoms with E-state index in [1.807, 2.05) is 0 Å². The van der Waals surface area contributed by atoms with Crippen molar-refractivity contribution < 1.29 is 9.53 Å². The van der Waals surface area contributed by atoms with E-state index in [1.54, 1.807) is 0 Å². The molecule has 1 heterocycles. The van der Waals surface area contributed by atoms with Crippen LogP contribution in [0, 0.1) is 0 Å². The molecule has 0 aliphatic rings. The summed E-state index contributed by atoms with van der Waals surface area (Å²) < 4.78 is 4.83. The topological polar surface area (TPSA) is 52.1 Å². The van der Waals surface area contributed by atoms with E-state index in [-0.39, 0.29) is 5.78 Å². The Morgan fingerprint density at radius 3 is 2.82 bits per heavy atom. The third kappa shape index (κ3) is 1.52. The van der Waals surface area contributed by atoms with Crippen LogP contribution in [-0.4, -0.2) is 22.9 Å². The summed E-state index contributed by atoms with van der Waals surface area (Å²) in [4.78, 5) is 18.3. The molecule has 0 spiro atoms. The Labute approximate surface area is 64.2 Å². The van der Waals surface area contributed by atoms with Crippen molar-refractivity contribution in [3.8, 4) is 5.88 Å². The third-order valence-corrected chi connectivity index (χ3v) is 1.25. The van der Waals surface area contributed by atoms with Crippen LogP contribution in [0.25, 0.3) is 0 Å². The molecule has 0 atom stereocenters. The van der Waals surface area contributed by atoms with Crippen molar-refractivity contribution in [2.45, 2.75) is 6.92 Å². The van der Waals surface area contributed by atoms with Crippen LogP contribution in [0.1, 0.15) is 17.3 Å². The number of hydrogen-bond acceptors (Lipinski definition) is 4. The summed E-state index contributed by atoms with van der Waals surface area (Å²) >= 11 is 0. The average molecular weight is 152 g/mol. The Bertz CT molecular complexity index is 273. The first-order valence-corrected chi connectivity index (χ1v) is 3.10. The average Bonchev–Trinajstić information content (AvgIpc) is 2.04. The van der Waals surface area contributed by atoms with Crippen LogP contribution in [0.2, 0.25) is 0 Å². The van der Waals surface area contributed by atoms with Gasteiger partial charge < -0.3 is 4.74 Å². The second-order valence-corrected chi connectivity index (χ2v) is 2.00. The van der Waals surface area contributed by atoms with Gasteiger partial charge in [-0.1, -0.05) is 0 Å². The smallest absolute Gasteiger partial charge is 0.227 e. The molecule has 0 aromatic carbocycles. The molecule has 0 fully saturated rings. The van der Waals surface area contributed by atoms with Crippen LogP contribution in [0.3, 0.4) is 0 Å². The number of carbonyl (C=O) groups excluding carboxylic acids is 1. The minimum Gasteiger partial charge on any atom is -0.480 e. The van der Waals surface area contributed by atoms with Gasteiger partial charge in [-0.3, -0.25) is 4.79 Å². The van der Waals surface area contributed by atoms with E-state index in [4.69, 9.17) is 4.74 Å². The van der Waals surface area contributed by atoms with E-state index in [9.17, 15) is 4.79 Å². The molecule has 0 bridgehead atoms. The van der Waals surface area contributed by atoms with E-state index in [1.165, 1.54) is 26.6 Å². The van der Waals surface area contributed by atoms with Gasteiger partial charge in [0.2, 0.25) is 5.88 Å². The van der Waals surface area contributed by atoms with Crippen molar-refractivity contribution in [2.75, 3.05) is 7.11 Å². The summed E-state index contributed by atoms with van der Waals surface area (Å²) in [5, 5.41) is 0. The van der Waals surface area contributed by atoms with Crippen molar-refractivity contribution in [3.05, 3.63) is 18.1 Å². The van der Waals surface area contributed by atoms with Gasteiger partial charge in [0, 0.05) is 6.20 Å². The van der Waals surface area contributed by atoms with E-state index < -0.39 is 0 Å². The second kappa shape index (κ2) is 3.09. The minimum atomic E-state index is -0.0950. The number of ketones is 1. The Morgan fingerprint density at radius 2 is 2.36 bits per heavy atom. The molecule has 0 radical (unpaired) electrons. The molecular weight excluding hydrogens is 144 g/mol. The Morgan fingerprint density at radius 1 is 1.64 bits per heavy atom. The maximum absolute atomic E-state index is 10.9. The first-order valence-electron chi connectivity index (χ1n) is 3.10. The van der Waals surface area contributed by atoms with Crippen LogP contribution in [0.5, 0.6) is 5.88 Å². The fraction of sp³-hybridized carbons (Fsp3) is 0.286. The Kier molecular flexibility index (Phi) is 2.15. The number of aromatic nitrogens is 2. The van der Waals surface area contributed by atoms with E-state index in [0.717, 1.165) is 0 Å². The largest absolute Gasteiger partial charge is 0.480 e. The summed E-state index contributed by atoms with van der Waals surface area (Å²) in [6.45, 7) is 1.45. The van der Waals surface area contributed by atoms with E-state index in [2.05, 4.69) is 9.97 Å². The van der Waals surface area contributed by atoms with Crippen LogP contribution in [0.15, 0.2) is 12.5 Å². The number of carbonyl (C=O) groups is 1. The first kappa shape index (κ1) is 7.65. The first-order chi connectivity index (χ1) is 5.25. The molecular formula is C7H8N2O2. The van der Waals surface area contributed by atoms with Crippen molar-refractivity contribution in [3.63, 3.8) is 0 Å². The van der Waals surface area contributed by atoms with Gasteiger partial charge >= 0.3 is 0 Å². The monoisotopic (exact) mass is 152 g/mol. The van der Waals surface area contributed by atoms with Crippen molar-refractivity contribution in [1.82, 2.24) is 9.97 Å². The Hall–Kier alpha value is -1.45. The second-order valence-electron chi connectivity index (χ2n) is 2.00. The van der Waals surface area contributed by atoms with Crippen LogP contribution >= 0.6 is 0 Å². The number of rotatable bonds is 2. The number of nitrogens with zero attached hydrogens (tertiary/aromatic N) is 2. The molecule has 1 aromatic heterocycles. The van der Waals surface area contributed by atoms with Crippen molar-refractivity contribution in [2.24, 2.45) is 0 Å². The number of Topliss-reactive ketones (excluding diaryl/α,β-unsaturated/α-hetero) is 1. The van der Waals surface area contributed by atoms with Gasteiger partial charge in [-0.25, -0.2) is 9.97 Å². The zero-order valence-electron chi connectivity index (χ0n) is 6.37. The summed E-state index contributed by atoms with van der Waals surface area (Å²) in [6.07, 6.45) is 2.78. The fourth-order valence-electron chi connectivity index (χ4n) is 0.723. The van der Waals surface area contributed by atoms with Gasteiger partial charge in [0.15, 0.2) is 5.78 Å². The molecule has 0 N–H and O–H groups in total. The highest BCUT2D eigenvalue weighted by molar-refractivity contribution is 5.95. The summed E-state index contributed by atoms with van der Waals surface area (Å²) in [5.41, 5.74) is 0.412. The maximum Gasteiger partial charge on any atom is 0.227 e. The van der Waals surface area contributed by atoms with Gasteiger partial charge in [-0.15, -0.1) is 0 Å². The van der Waals surface area contributed by atoms with E-state index >= 15 is 0 Å². The minimum absolute atomic E-state index is 0.0950. The molecule has 58 valence electrons. The normalized spacial score (nSPS) is 9.27. The zero-order valence-corrected chi connectivity index (χ0v) is 6.37. The number of hydrogen-bond donors (Lipinski definition) is 0. The quantitative estimate of drug-likeness (QED) is 0.585. The van der Waals surface area contributed by atoms with Gasteiger partial charge in [-0.05, 0) is 6.92 Å². The predicted octanol–water partition coefficient (Wildman–Crippen LogP) is 0.688. The lowest BCUT2D eigenvalue weighted by Crippen LogP contribution is -2.00. The van der Waals surface area contributed by atoms with E-state index in [0.29, 0.717) is 11.4 Å². The Balaban J connectivity index is 3.12. The third-order valence-electron chi connectivity index (χ3n) is 1.25. The highest BCUT2D eigenvalue weighted by Crippen LogP contribution is 2.11. The molecule has 0 saturated heterocycles. The standard InChI is InChI=1S/C7H8N2O2/c1-5(10)6-3-8-4-9-7(6)11-2/h3-4H,1-2H3. The summed E-state index contributed by atoms with van der Waals surface area (Å²) in [6, 6.07) is 0. The van der Waals surface area contributed by atoms with Crippen molar-refractivity contribution >= 4 is 5.78 Å². The highest BCUT2D eigenvalue weighted by Gasteiger charge is 2.07. The SMILES string of the molecule is COc1ncncc1C(C)=O. The lowest BCUT2D eigenvalue weighted by molar-refractivity contribution is 0.101. The molecule has 11 heavy (non-hydrogen) atoms. The highest BCUT2D eigenvalue weighted by atomic mass is 16.5. The molecule has 1 aromatic rings. The molecule has 0 amide bonds. The van der Waals surface area contributed by atoms with Crippen LogP contribution in [-0.2, 0) is 0 Å². The van der Waals surface area contributed by atoms with Crippen LogP contribution in [0.4, 0.5) is 0 Å². The predicted molar refractivity (Wildman–Crippen MR) is 38.6 cm³/mol. The molecule has 1 rings (SSSR count). The van der Waals surface area contributed by atoms with Crippen molar-refractivity contribution in [1.29, 1.82) is 0 Å². The molecule has 0 saturated carbocycles. The van der Waals surface area contributed by atoms with Gasteiger partial charge in [0.1, 0.15) is 6.33 Å². The van der Waals surface area contributed by atoms with Gasteiger partial charge in [-0.2, -0.15) is 0 Å². The molecule has 0 aliphatic carbocycles. The summed E-state index contributed by atoms with van der Waals surface area (Å²) in [7, 11) is 1.47. The van der Waals surface area contributed by atoms with Gasteiger partial charge in [0.25, 0.3) is 0 Å². The maximum atomic E-state index is 10.9. The lowest BCUT2D eigenvalue weighted by atomic mass is 10.2. The van der Waals surface area contributed by atoms with Gasteiger partial charge in [0.05, 0.1) is 12.7 Å². The molecule has 0 aliphatic heterocycles. The lowest BCUT2D eigenvalue weighted by Gasteiger charge is -2.00. The molecule has 4 nitrogen and oxygen atoms in total. The number of ether oxygens (including phenoxy) is 1.